The maximum Gasteiger partial charge on any atom is 0.305 e. The summed E-state index contributed by atoms with van der Waals surface area (Å²) in [4.78, 5) is 24.6. The van der Waals surface area contributed by atoms with E-state index in [9.17, 15) is 19.8 Å². The monoisotopic (exact) mass is 1040 g/mol. The molecule has 1 amide bonds. The number of nitrogens with one attached hydrogen (secondary N) is 1. The Morgan fingerprint density at radius 3 is 1.07 bits per heavy atom. The van der Waals surface area contributed by atoms with Crippen LogP contribution in [0.15, 0.2) is 48.6 Å². The van der Waals surface area contributed by atoms with E-state index in [1.165, 1.54) is 263 Å². The highest BCUT2D eigenvalue weighted by Crippen LogP contribution is 2.17. The molecule has 6 heteroatoms. The molecule has 74 heavy (non-hydrogen) atoms. The highest BCUT2D eigenvalue weighted by molar-refractivity contribution is 5.76. The molecule has 0 rings (SSSR count). The fourth-order valence-corrected chi connectivity index (χ4v) is 10.0. The van der Waals surface area contributed by atoms with Crippen molar-refractivity contribution in [3.63, 3.8) is 0 Å². The molecule has 0 spiro atoms. The number of unbranched alkanes of at least 4 members (excludes halogenated alkanes) is 44. The van der Waals surface area contributed by atoms with Crippen molar-refractivity contribution >= 4 is 11.9 Å². The van der Waals surface area contributed by atoms with E-state index in [2.05, 4.69) is 55.6 Å². The third-order valence-corrected chi connectivity index (χ3v) is 15.1. The van der Waals surface area contributed by atoms with Gasteiger partial charge < -0.3 is 20.3 Å². The van der Waals surface area contributed by atoms with E-state index in [1.807, 2.05) is 6.08 Å². The van der Waals surface area contributed by atoms with Crippen LogP contribution in [0.25, 0.3) is 0 Å². The van der Waals surface area contributed by atoms with Gasteiger partial charge in [0.05, 0.1) is 25.4 Å². The molecule has 0 aliphatic rings. The van der Waals surface area contributed by atoms with E-state index < -0.39 is 12.1 Å². The van der Waals surface area contributed by atoms with E-state index in [0.717, 1.165) is 57.8 Å². The van der Waals surface area contributed by atoms with Gasteiger partial charge in [-0.05, 0) is 89.9 Å². The minimum Gasteiger partial charge on any atom is -0.466 e. The Balaban J connectivity index is 3.46. The SMILES string of the molecule is CCCCC/C=C\C/C=C\CCCCCCCCCC(=O)OCCCCCCCCCCC/C=C\CCCCCCCCCC(=O)NC(CO)C(O)/C=C/CCCCCCCCCCCCCCCCCCCC. The van der Waals surface area contributed by atoms with Gasteiger partial charge in [-0.25, -0.2) is 0 Å². The van der Waals surface area contributed by atoms with Crippen LogP contribution in [0.5, 0.6) is 0 Å². The summed E-state index contributed by atoms with van der Waals surface area (Å²) in [6, 6.07) is -0.636. The minimum atomic E-state index is -0.852. The zero-order chi connectivity index (χ0) is 53.6. The Labute approximate surface area is 461 Å². The van der Waals surface area contributed by atoms with Crippen molar-refractivity contribution in [3.05, 3.63) is 48.6 Å². The number of aliphatic hydroxyl groups is 2. The molecule has 0 aromatic rings. The van der Waals surface area contributed by atoms with Crippen molar-refractivity contribution in [1.82, 2.24) is 5.32 Å². The van der Waals surface area contributed by atoms with Gasteiger partial charge in [0.25, 0.3) is 0 Å². The van der Waals surface area contributed by atoms with Gasteiger partial charge in [0, 0.05) is 12.8 Å². The zero-order valence-corrected chi connectivity index (χ0v) is 49.6. The first-order valence-electron chi connectivity index (χ1n) is 32.9. The van der Waals surface area contributed by atoms with Crippen LogP contribution in [0.4, 0.5) is 0 Å². The summed E-state index contributed by atoms with van der Waals surface area (Å²) in [5.41, 5.74) is 0. The lowest BCUT2D eigenvalue weighted by atomic mass is 10.0. The lowest BCUT2D eigenvalue weighted by molar-refractivity contribution is -0.143. The van der Waals surface area contributed by atoms with Crippen LogP contribution in [0.1, 0.15) is 348 Å². The number of esters is 1. The maximum atomic E-state index is 12.5. The number of rotatable bonds is 61. The van der Waals surface area contributed by atoms with Gasteiger partial charge in [0.2, 0.25) is 5.91 Å². The van der Waals surface area contributed by atoms with Crippen LogP contribution in [-0.2, 0) is 14.3 Å². The number of hydrogen-bond donors (Lipinski definition) is 3. The molecule has 0 saturated carbocycles. The van der Waals surface area contributed by atoms with Gasteiger partial charge in [-0.2, -0.15) is 0 Å². The molecule has 2 unspecified atom stereocenters. The van der Waals surface area contributed by atoms with Crippen molar-refractivity contribution in [2.24, 2.45) is 0 Å². The predicted molar refractivity (Wildman–Crippen MR) is 324 cm³/mol. The number of amides is 1. The van der Waals surface area contributed by atoms with Gasteiger partial charge in [0.15, 0.2) is 0 Å². The molecule has 0 aromatic heterocycles. The third kappa shape index (κ3) is 59.1. The van der Waals surface area contributed by atoms with Crippen molar-refractivity contribution in [3.8, 4) is 0 Å². The Bertz CT molecular complexity index is 1240. The van der Waals surface area contributed by atoms with Crippen molar-refractivity contribution in [2.75, 3.05) is 13.2 Å². The van der Waals surface area contributed by atoms with Gasteiger partial charge in [0.1, 0.15) is 0 Å². The van der Waals surface area contributed by atoms with Gasteiger partial charge >= 0.3 is 5.97 Å². The molecule has 0 fully saturated rings. The van der Waals surface area contributed by atoms with Crippen molar-refractivity contribution in [2.45, 2.75) is 360 Å². The standard InChI is InChI=1S/C68H127NO5/c1-3-5-7-9-11-13-15-17-19-21-22-25-29-32-36-40-44-48-52-56-60-66(71)65(64-70)69-67(72)61-57-53-49-45-41-37-33-30-26-23-24-27-31-35-39-43-47-51-55-59-63-74-68(73)62-58-54-50-46-42-38-34-28-20-18-16-14-12-10-8-6-4-2/h12,14,18,20,23,26,56,60,65-66,70-71H,3-11,13,15-17,19,21-22,24-25,27-55,57-59,61-64H2,1-2H3,(H,69,72)/b14-12-,20-18-,26-23-,60-56+. The normalized spacial score (nSPS) is 12.9. The van der Waals surface area contributed by atoms with Gasteiger partial charge in [-0.15, -0.1) is 0 Å². The number of allylic oxidation sites excluding steroid dienone is 7. The highest BCUT2D eigenvalue weighted by Gasteiger charge is 2.18. The molecule has 0 saturated heterocycles. The maximum absolute atomic E-state index is 12.5. The topological polar surface area (TPSA) is 95.9 Å². The molecule has 6 nitrogen and oxygen atoms in total. The number of carbonyl (C=O) groups is 2. The van der Waals surface area contributed by atoms with Crippen LogP contribution in [0.2, 0.25) is 0 Å². The van der Waals surface area contributed by atoms with Crippen molar-refractivity contribution < 1.29 is 24.5 Å². The summed E-state index contributed by atoms with van der Waals surface area (Å²) in [5, 5.41) is 23.2. The second-order valence-corrected chi connectivity index (χ2v) is 22.4. The first-order valence-corrected chi connectivity index (χ1v) is 32.9. The summed E-state index contributed by atoms with van der Waals surface area (Å²) in [5.74, 6) is -0.0768. The summed E-state index contributed by atoms with van der Waals surface area (Å²) in [6.45, 7) is 4.89. The molecule has 0 aliphatic heterocycles. The van der Waals surface area contributed by atoms with Crippen LogP contribution < -0.4 is 5.32 Å². The molecule has 0 radical (unpaired) electrons. The molecule has 0 aliphatic carbocycles. The Morgan fingerprint density at radius 1 is 0.378 bits per heavy atom. The van der Waals surface area contributed by atoms with Crippen LogP contribution >= 0.6 is 0 Å². The third-order valence-electron chi connectivity index (χ3n) is 15.1. The van der Waals surface area contributed by atoms with E-state index in [0.29, 0.717) is 19.4 Å². The number of carbonyl (C=O) groups excluding carboxylic acids is 2. The minimum absolute atomic E-state index is 0.00216. The van der Waals surface area contributed by atoms with Gasteiger partial charge in [-0.1, -0.05) is 294 Å². The number of ether oxygens (including phenoxy) is 1. The summed E-state index contributed by atoms with van der Waals surface area (Å²) >= 11 is 0. The molecule has 0 aromatic carbocycles. The Hall–Kier alpha value is -2.18. The molecule has 2 atom stereocenters. The fourth-order valence-electron chi connectivity index (χ4n) is 10.0. The Kier molecular flexibility index (Phi) is 61.5. The Morgan fingerprint density at radius 2 is 0.676 bits per heavy atom. The molecule has 0 bridgehead atoms. The van der Waals surface area contributed by atoms with Crippen molar-refractivity contribution in [1.29, 1.82) is 0 Å². The highest BCUT2D eigenvalue weighted by atomic mass is 16.5. The average Bonchev–Trinajstić information content (AvgIpc) is 3.40. The average molecular weight is 1040 g/mol. The summed E-state index contributed by atoms with van der Waals surface area (Å²) < 4.78 is 5.49. The summed E-state index contributed by atoms with van der Waals surface area (Å²) in [6.07, 6.45) is 81.5. The first-order chi connectivity index (χ1) is 36.5. The number of aliphatic hydroxyl groups excluding tert-OH is 2. The largest absolute Gasteiger partial charge is 0.466 e. The van der Waals surface area contributed by atoms with Gasteiger partial charge in [-0.3, -0.25) is 9.59 Å². The second kappa shape index (κ2) is 63.4. The molecular weight excluding hydrogens is 911 g/mol. The first kappa shape index (κ1) is 71.8. The molecule has 3 N–H and O–H groups in total. The van der Waals surface area contributed by atoms with Crippen LogP contribution in [0, 0.1) is 0 Å². The number of hydrogen-bond acceptors (Lipinski definition) is 5. The lowest BCUT2D eigenvalue weighted by Gasteiger charge is -2.20. The molecule has 434 valence electrons. The molecular formula is C68H127NO5. The second-order valence-electron chi connectivity index (χ2n) is 22.4. The summed E-state index contributed by atoms with van der Waals surface area (Å²) in [7, 11) is 0. The fraction of sp³-hybridized carbons (Fsp3) is 0.853. The van der Waals surface area contributed by atoms with Crippen LogP contribution in [-0.4, -0.2) is 47.4 Å². The zero-order valence-electron chi connectivity index (χ0n) is 49.6. The lowest BCUT2D eigenvalue weighted by Crippen LogP contribution is -2.45. The van der Waals surface area contributed by atoms with E-state index in [1.54, 1.807) is 6.08 Å². The smallest absolute Gasteiger partial charge is 0.305 e. The van der Waals surface area contributed by atoms with Crippen LogP contribution in [0.3, 0.4) is 0 Å². The quantitative estimate of drug-likeness (QED) is 0.0320. The predicted octanol–water partition coefficient (Wildman–Crippen LogP) is 20.9. The van der Waals surface area contributed by atoms with E-state index in [4.69, 9.17) is 4.74 Å². The van der Waals surface area contributed by atoms with E-state index in [-0.39, 0.29) is 18.5 Å². The van der Waals surface area contributed by atoms with E-state index >= 15 is 0 Å². The molecule has 0 heterocycles.